The van der Waals surface area contributed by atoms with Crippen LogP contribution in [-0.2, 0) is 9.59 Å². The standard InChI is InChI=1S/C9H7N5O2/c15-5-8(16)10-7-3-1-2-6(4-7)9-11-13-14-12-9/h1-5H,(H,10,16)(H,11,12,13,14). The van der Waals surface area contributed by atoms with Crippen LogP contribution in [0.4, 0.5) is 5.69 Å². The molecule has 0 fully saturated rings. The zero-order valence-corrected chi connectivity index (χ0v) is 8.04. The summed E-state index contributed by atoms with van der Waals surface area (Å²) in [6.07, 6.45) is 0.209. The second-order valence-electron chi connectivity index (χ2n) is 2.92. The highest BCUT2D eigenvalue weighted by Crippen LogP contribution is 2.17. The molecule has 1 aromatic heterocycles. The zero-order valence-electron chi connectivity index (χ0n) is 8.04. The number of carbonyl (C=O) groups excluding carboxylic acids is 2. The summed E-state index contributed by atoms with van der Waals surface area (Å²) in [4.78, 5) is 21.0. The van der Waals surface area contributed by atoms with Crippen LogP contribution in [0, 0.1) is 0 Å². The maximum absolute atomic E-state index is 10.9. The predicted octanol–water partition coefficient (Wildman–Crippen LogP) is 0.00410. The molecule has 0 atom stereocenters. The second kappa shape index (κ2) is 4.30. The van der Waals surface area contributed by atoms with Gasteiger partial charge < -0.3 is 5.32 Å². The molecular formula is C9H7N5O2. The van der Waals surface area contributed by atoms with Crippen molar-refractivity contribution in [2.45, 2.75) is 0 Å². The number of hydrogen-bond donors (Lipinski definition) is 2. The number of nitrogens with zero attached hydrogens (tertiary/aromatic N) is 3. The number of carbonyl (C=O) groups is 2. The third-order valence-electron chi connectivity index (χ3n) is 1.84. The molecule has 2 N–H and O–H groups in total. The van der Waals surface area contributed by atoms with Gasteiger partial charge in [0, 0.05) is 11.3 Å². The molecule has 0 aliphatic heterocycles. The Morgan fingerprint density at radius 2 is 2.31 bits per heavy atom. The fourth-order valence-corrected chi connectivity index (χ4v) is 1.19. The van der Waals surface area contributed by atoms with E-state index in [0.717, 1.165) is 0 Å². The summed E-state index contributed by atoms with van der Waals surface area (Å²) in [7, 11) is 0. The smallest absolute Gasteiger partial charge is 0.288 e. The molecule has 0 radical (unpaired) electrons. The first-order valence-corrected chi connectivity index (χ1v) is 4.39. The number of anilines is 1. The van der Waals surface area contributed by atoms with E-state index in [-0.39, 0.29) is 6.29 Å². The minimum atomic E-state index is -0.703. The Balaban J connectivity index is 2.26. The van der Waals surface area contributed by atoms with Crippen LogP contribution in [0.5, 0.6) is 0 Å². The van der Waals surface area contributed by atoms with Crippen molar-refractivity contribution >= 4 is 17.9 Å². The minimum absolute atomic E-state index is 0.209. The molecule has 1 amide bonds. The van der Waals surface area contributed by atoms with Crippen LogP contribution in [-0.4, -0.2) is 32.8 Å². The molecule has 2 rings (SSSR count). The Morgan fingerprint density at radius 3 is 3.00 bits per heavy atom. The third kappa shape index (κ3) is 2.08. The summed E-state index contributed by atoms with van der Waals surface area (Å²) in [6, 6.07) is 6.78. The molecule has 7 heteroatoms. The number of amides is 1. The first kappa shape index (κ1) is 9.97. The average molecular weight is 217 g/mol. The Labute approximate surface area is 89.9 Å². The number of tetrazole rings is 1. The maximum atomic E-state index is 10.9. The van der Waals surface area contributed by atoms with Crippen LogP contribution in [0.25, 0.3) is 11.4 Å². The normalized spacial score (nSPS) is 9.75. The van der Waals surface area contributed by atoms with Crippen molar-refractivity contribution in [2.75, 3.05) is 5.32 Å². The Kier molecular flexibility index (Phi) is 2.68. The quantitative estimate of drug-likeness (QED) is 0.556. The monoisotopic (exact) mass is 217 g/mol. The van der Waals surface area contributed by atoms with E-state index in [4.69, 9.17) is 0 Å². The topological polar surface area (TPSA) is 101 Å². The lowest BCUT2D eigenvalue weighted by atomic mass is 10.2. The van der Waals surface area contributed by atoms with E-state index >= 15 is 0 Å². The predicted molar refractivity (Wildman–Crippen MR) is 54.3 cm³/mol. The number of aromatic nitrogens is 4. The lowest BCUT2D eigenvalue weighted by Gasteiger charge is -2.01. The first-order valence-electron chi connectivity index (χ1n) is 4.39. The Bertz CT molecular complexity index is 508. The van der Waals surface area contributed by atoms with Crippen molar-refractivity contribution in [1.82, 2.24) is 20.6 Å². The van der Waals surface area contributed by atoms with Crippen molar-refractivity contribution in [3.63, 3.8) is 0 Å². The van der Waals surface area contributed by atoms with Gasteiger partial charge in [0.15, 0.2) is 0 Å². The maximum Gasteiger partial charge on any atom is 0.288 e. The van der Waals surface area contributed by atoms with Gasteiger partial charge in [-0.15, -0.1) is 10.2 Å². The van der Waals surface area contributed by atoms with Crippen molar-refractivity contribution in [1.29, 1.82) is 0 Å². The van der Waals surface area contributed by atoms with E-state index in [1.54, 1.807) is 24.3 Å². The number of aldehydes is 1. The summed E-state index contributed by atoms with van der Waals surface area (Å²) >= 11 is 0. The van der Waals surface area contributed by atoms with E-state index in [0.29, 0.717) is 17.1 Å². The summed E-state index contributed by atoms with van der Waals surface area (Å²) in [6.45, 7) is 0. The van der Waals surface area contributed by atoms with Crippen LogP contribution in [0.1, 0.15) is 0 Å². The third-order valence-corrected chi connectivity index (χ3v) is 1.84. The van der Waals surface area contributed by atoms with E-state index in [2.05, 4.69) is 25.9 Å². The highest BCUT2D eigenvalue weighted by molar-refractivity contribution is 6.29. The number of nitrogens with one attached hydrogen (secondary N) is 2. The van der Waals surface area contributed by atoms with Gasteiger partial charge >= 0.3 is 0 Å². The summed E-state index contributed by atoms with van der Waals surface area (Å²) in [5.41, 5.74) is 1.19. The number of benzene rings is 1. The summed E-state index contributed by atoms with van der Waals surface area (Å²) in [5.74, 6) is -0.285. The van der Waals surface area contributed by atoms with Gasteiger partial charge in [-0.2, -0.15) is 5.21 Å². The van der Waals surface area contributed by atoms with Crippen molar-refractivity contribution < 1.29 is 9.59 Å². The van der Waals surface area contributed by atoms with E-state index in [1.807, 2.05) is 0 Å². The Hall–Kier alpha value is -2.57. The second-order valence-corrected chi connectivity index (χ2v) is 2.92. The molecule has 1 aromatic carbocycles. The Morgan fingerprint density at radius 1 is 1.44 bits per heavy atom. The van der Waals surface area contributed by atoms with Crippen LogP contribution in [0.15, 0.2) is 24.3 Å². The van der Waals surface area contributed by atoms with E-state index < -0.39 is 5.91 Å². The molecule has 0 saturated carbocycles. The summed E-state index contributed by atoms with van der Waals surface area (Å²) < 4.78 is 0. The van der Waals surface area contributed by atoms with Crippen LogP contribution >= 0.6 is 0 Å². The van der Waals surface area contributed by atoms with Gasteiger partial charge in [-0.3, -0.25) is 9.59 Å². The molecule has 0 bridgehead atoms. The first-order chi connectivity index (χ1) is 7.79. The molecule has 80 valence electrons. The van der Waals surface area contributed by atoms with Crippen LogP contribution in [0.3, 0.4) is 0 Å². The molecule has 0 aliphatic rings. The molecule has 0 unspecified atom stereocenters. The molecule has 2 aromatic rings. The zero-order chi connectivity index (χ0) is 11.4. The molecule has 0 saturated heterocycles. The van der Waals surface area contributed by atoms with E-state index in [1.165, 1.54) is 0 Å². The minimum Gasteiger partial charge on any atom is -0.320 e. The van der Waals surface area contributed by atoms with Gasteiger partial charge in [0.25, 0.3) is 5.91 Å². The van der Waals surface area contributed by atoms with Gasteiger partial charge in [0.1, 0.15) is 0 Å². The van der Waals surface area contributed by atoms with Crippen molar-refractivity contribution in [2.24, 2.45) is 0 Å². The van der Waals surface area contributed by atoms with Gasteiger partial charge in [-0.05, 0) is 17.3 Å². The lowest BCUT2D eigenvalue weighted by Crippen LogP contribution is -2.11. The molecule has 0 spiro atoms. The fraction of sp³-hybridized carbons (Fsp3) is 0. The van der Waals surface area contributed by atoms with Crippen molar-refractivity contribution in [3.8, 4) is 11.4 Å². The summed E-state index contributed by atoms with van der Waals surface area (Å²) in [5, 5.41) is 15.7. The molecule has 0 aliphatic carbocycles. The van der Waals surface area contributed by atoms with Crippen molar-refractivity contribution in [3.05, 3.63) is 24.3 Å². The van der Waals surface area contributed by atoms with Crippen LogP contribution < -0.4 is 5.32 Å². The van der Waals surface area contributed by atoms with Gasteiger partial charge in [0.05, 0.1) is 0 Å². The van der Waals surface area contributed by atoms with Crippen LogP contribution in [0.2, 0.25) is 0 Å². The van der Waals surface area contributed by atoms with Gasteiger partial charge in [-0.25, -0.2) is 0 Å². The number of hydrogen-bond acceptors (Lipinski definition) is 5. The molecule has 16 heavy (non-hydrogen) atoms. The molecule has 1 heterocycles. The van der Waals surface area contributed by atoms with Gasteiger partial charge in [-0.1, -0.05) is 12.1 Å². The number of aromatic amines is 1. The number of H-pyrrole nitrogens is 1. The van der Waals surface area contributed by atoms with E-state index in [9.17, 15) is 9.59 Å². The SMILES string of the molecule is O=CC(=O)Nc1cccc(-c2nn[nH]n2)c1. The van der Waals surface area contributed by atoms with Gasteiger partial charge in [0.2, 0.25) is 12.1 Å². The highest BCUT2D eigenvalue weighted by atomic mass is 16.2. The highest BCUT2D eigenvalue weighted by Gasteiger charge is 2.05. The average Bonchev–Trinajstić information content (AvgIpc) is 2.83. The lowest BCUT2D eigenvalue weighted by molar-refractivity contribution is -0.127. The largest absolute Gasteiger partial charge is 0.320 e. The number of rotatable bonds is 3. The molecule has 7 nitrogen and oxygen atoms in total. The molecular weight excluding hydrogens is 210 g/mol. The fourth-order valence-electron chi connectivity index (χ4n) is 1.19.